The molecule has 156 valence electrons. The Hall–Kier alpha value is -3.80. The summed E-state index contributed by atoms with van der Waals surface area (Å²) in [6.07, 6.45) is 0.561. The Morgan fingerprint density at radius 1 is 1.30 bits per heavy atom. The summed E-state index contributed by atoms with van der Waals surface area (Å²) in [6.45, 7) is 2.99. The Morgan fingerprint density at radius 3 is 2.97 bits per heavy atom. The topological polar surface area (TPSA) is 158 Å². The number of H-pyrrole nitrogens is 1. The molecule has 0 spiro atoms. The van der Waals surface area contributed by atoms with E-state index >= 15 is 0 Å². The summed E-state index contributed by atoms with van der Waals surface area (Å²) in [6, 6.07) is 5.60. The minimum absolute atomic E-state index is 0.0148. The molecule has 30 heavy (non-hydrogen) atoms. The third-order valence-electron chi connectivity index (χ3n) is 4.36. The van der Waals surface area contributed by atoms with E-state index in [4.69, 9.17) is 15.2 Å². The van der Waals surface area contributed by atoms with E-state index in [-0.39, 0.29) is 18.4 Å². The van der Waals surface area contributed by atoms with Crippen molar-refractivity contribution < 1.29 is 14.3 Å². The second-order valence-electron chi connectivity index (χ2n) is 6.34. The fraction of sp³-hybridized carbons (Fsp3) is 0.333. The van der Waals surface area contributed by atoms with Crippen LogP contribution in [0.4, 0.5) is 5.95 Å². The Balaban J connectivity index is 1.43. The van der Waals surface area contributed by atoms with Crippen LogP contribution in [0.15, 0.2) is 18.2 Å². The molecule has 1 aromatic carbocycles. The normalized spacial score (nSPS) is 11.3. The van der Waals surface area contributed by atoms with E-state index in [0.717, 1.165) is 5.39 Å². The van der Waals surface area contributed by atoms with Crippen LogP contribution in [0.25, 0.3) is 16.6 Å². The second kappa shape index (κ2) is 8.29. The number of rotatable bonds is 8. The van der Waals surface area contributed by atoms with Gasteiger partial charge in [-0.2, -0.15) is 4.52 Å². The van der Waals surface area contributed by atoms with Gasteiger partial charge in [-0.05, 0) is 19.1 Å². The molecule has 0 unspecified atom stereocenters. The van der Waals surface area contributed by atoms with Gasteiger partial charge in [-0.25, -0.2) is 19.7 Å². The molecule has 0 aliphatic carbocycles. The minimum Gasteiger partial charge on any atom is -0.494 e. The van der Waals surface area contributed by atoms with Gasteiger partial charge in [0, 0.05) is 18.4 Å². The summed E-state index contributed by atoms with van der Waals surface area (Å²) in [5.74, 6) is 1.48. The summed E-state index contributed by atoms with van der Waals surface area (Å²) in [4.78, 5) is 24.7. The molecule has 12 heteroatoms. The van der Waals surface area contributed by atoms with Gasteiger partial charge in [-0.15, -0.1) is 10.2 Å². The zero-order valence-electron chi connectivity index (χ0n) is 16.5. The van der Waals surface area contributed by atoms with Crippen LogP contribution in [0.3, 0.4) is 0 Å². The second-order valence-corrected chi connectivity index (χ2v) is 6.34. The van der Waals surface area contributed by atoms with E-state index in [9.17, 15) is 4.79 Å². The molecule has 0 atom stereocenters. The fourth-order valence-electron chi connectivity index (χ4n) is 3.01. The number of anilines is 1. The summed E-state index contributed by atoms with van der Waals surface area (Å²) in [5, 5.41) is 15.0. The SMILES string of the molecule is CCOC(=O)c1n[nH]c(CNCCc2nc3c4cccc(OC)c4nc(N)n3n2)n1. The number of aromatic nitrogens is 7. The maximum absolute atomic E-state index is 11.6. The lowest BCUT2D eigenvalue weighted by Crippen LogP contribution is -2.18. The summed E-state index contributed by atoms with van der Waals surface area (Å²) < 4.78 is 11.8. The van der Waals surface area contributed by atoms with Crippen molar-refractivity contribution in [2.24, 2.45) is 0 Å². The largest absolute Gasteiger partial charge is 0.494 e. The third kappa shape index (κ3) is 3.72. The smallest absolute Gasteiger partial charge is 0.378 e. The van der Waals surface area contributed by atoms with Crippen molar-refractivity contribution in [3.63, 3.8) is 0 Å². The zero-order chi connectivity index (χ0) is 21.1. The van der Waals surface area contributed by atoms with Crippen LogP contribution >= 0.6 is 0 Å². The predicted molar refractivity (Wildman–Crippen MR) is 107 cm³/mol. The van der Waals surface area contributed by atoms with Crippen molar-refractivity contribution in [1.82, 2.24) is 40.1 Å². The third-order valence-corrected chi connectivity index (χ3v) is 4.36. The van der Waals surface area contributed by atoms with Gasteiger partial charge in [0.1, 0.15) is 17.1 Å². The first-order valence-corrected chi connectivity index (χ1v) is 9.37. The summed E-state index contributed by atoms with van der Waals surface area (Å²) >= 11 is 0. The first-order valence-electron chi connectivity index (χ1n) is 9.37. The molecule has 0 aliphatic heterocycles. The maximum Gasteiger partial charge on any atom is 0.378 e. The molecule has 0 saturated heterocycles. The van der Waals surface area contributed by atoms with Crippen molar-refractivity contribution in [3.05, 3.63) is 35.7 Å². The van der Waals surface area contributed by atoms with Crippen molar-refractivity contribution in [2.45, 2.75) is 19.9 Å². The van der Waals surface area contributed by atoms with Crippen molar-refractivity contribution >= 4 is 28.5 Å². The number of esters is 1. The molecule has 0 fully saturated rings. The molecule has 3 heterocycles. The number of hydrogen-bond donors (Lipinski definition) is 3. The Labute approximate surface area is 170 Å². The van der Waals surface area contributed by atoms with Gasteiger partial charge in [0.15, 0.2) is 11.5 Å². The van der Waals surface area contributed by atoms with Gasteiger partial charge >= 0.3 is 5.97 Å². The number of carbonyl (C=O) groups excluding carboxylic acids is 1. The number of methoxy groups -OCH3 is 1. The van der Waals surface area contributed by atoms with E-state index in [1.807, 2.05) is 18.2 Å². The number of fused-ring (bicyclic) bond motifs is 3. The standard InChI is InChI=1S/C18H21N9O3/c1-3-30-17(28)15-21-13(24-25-15)9-20-8-7-12-22-16-10-5-4-6-11(29-2)14(10)23-18(19)27(16)26-12/h4-6,20H,3,7-9H2,1-2H3,(H2,19,23)(H,21,24,25). The number of ether oxygens (including phenoxy) is 2. The lowest BCUT2D eigenvalue weighted by Gasteiger charge is -2.06. The van der Waals surface area contributed by atoms with E-state index < -0.39 is 5.97 Å². The molecule has 0 aliphatic rings. The van der Waals surface area contributed by atoms with Gasteiger partial charge in [0.2, 0.25) is 5.95 Å². The molecule has 0 radical (unpaired) electrons. The molecule has 0 saturated carbocycles. The Bertz CT molecular complexity index is 1200. The molecule has 3 aromatic heterocycles. The van der Waals surface area contributed by atoms with E-state index in [2.05, 4.69) is 35.6 Å². The van der Waals surface area contributed by atoms with Gasteiger partial charge < -0.3 is 20.5 Å². The highest BCUT2D eigenvalue weighted by atomic mass is 16.5. The van der Waals surface area contributed by atoms with Crippen molar-refractivity contribution in [1.29, 1.82) is 0 Å². The first-order chi connectivity index (χ1) is 14.6. The van der Waals surface area contributed by atoms with E-state index in [1.165, 1.54) is 4.52 Å². The highest BCUT2D eigenvalue weighted by Gasteiger charge is 2.15. The Morgan fingerprint density at radius 2 is 2.17 bits per heavy atom. The molecule has 0 bridgehead atoms. The number of nitrogens with zero attached hydrogens (tertiary/aromatic N) is 6. The number of benzene rings is 1. The molecular weight excluding hydrogens is 390 g/mol. The van der Waals surface area contributed by atoms with Crippen LogP contribution in [-0.2, 0) is 17.7 Å². The number of carbonyl (C=O) groups is 1. The van der Waals surface area contributed by atoms with Crippen LogP contribution in [0, 0.1) is 0 Å². The van der Waals surface area contributed by atoms with Crippen LogP contribution < -0.4 is 15.8 Å². The summed E-state index contributed by atoms with van der Waals surface area (Å²) in [7, 11) is 1.59. The van der Waals surface area contributed by atoms with Gasteiger partial charge in [0.25, 0.3) is 5.82 Å². The molecular formula is C18H21N9O3. The van der Waals surface area contributed by atoms with Crippen molar-refractivity contribution in [2.75, 3.05) is 26.0 Å². The number of aromatic amines is 1. The van der Waals surface area contributed by atoms with Crippen LogP contribution in [0.2, 0.25) is 0 Å². The van der Waals surface area contributed by atoms with Gasteiger partial charge in [-0.3, -0.25) is 5.10 Å². The highest BCUT2D eigenvalue weighted by molar-refractivity contribution is 5.95. The fourth-order valence-corrected chi connectivity index (χ4v) is 3.01. The van der Waals surface area contributed by atoms with E-state index in [1.54, 1.807) is 14.0 Å². The highest BCUT2D eigenvalue weighted by Crippen LogP contribution is 2.27. The number of hydrogen-bond acceptors (Lipinski definition) is 10. The van der Waals surface area contributed by atoms with Gasteiger partial charge in [-0.1, -0.05) is 6.07 Å². The average Bonchev–Trinajstić information content (AvgIpc) is 3.39. The average molecular weight is 411 g/mol. The van der Waals surface area contributed by atoms with Crippen LogP contribution in [0.5, 0.6) is 5.75 Å². The molecule has 12 nitrogen and oxygen atoms in total. The maximum atomic E-state index is 11.6. The molecule has 4 aromatic rings. The van der Waals surface area contributed by atoms with Crippen LogP contribution in [-0.4, -0.2) is 61.0 Å². The Kier molecular flexibility index (Phi) is 5.39. The number of nitrogens with one attached hydrogen (secondary N) is 2. The predicted octanol–water partition coefficient (Wildman–Crippen LogP) is 0.495. The molecule has 0 amide bonds. The summed E-state index contributed by atoms with van der Waals surface area (Å²) in [5.41, 5.74) is 7.33. The van der Waals surface area contributed by atoms with Crippen molar-refractivity contribution in [3.8, 4) is 5.75 Å². The molecule has 4 N–H and O–H groups in total. The lowest BCUT2D eigenvalue weighted by molar-refractivity contribution is 0.0512. The minimum atomic E-state index is -0.552. The quantitative estimate of drug-likeness (QED) is 0.275. The zero-order valence-corrected chi connectivity index (χ0v) is 16.5. The van der Waals surface area contributed by atoms with E-state index in [0.29, 0.717) is 48.1 Å². The lowest BCUT2D eigenvalue weighted by atomic mass is 10.2. The number of nitrogens with two attached hydrogens (primary N) is 1. The monoisotopic (exact) mass is 411 g/mol. The molecule has 4 rings (SSSR count). The number of para-hydroxylation sites is 1. The van der Waals surface area contributed by atoms with Gasteiger partial charge in [0.05, 0.1) is 20.3 Å². The van der Waals surface area contributed by atoms with Crippen LogP contribution in [0.1, 0.15) is 29.2 Å². The first kappa shape index (κ1) is 19.5. The number of nitrogen functional groups attached to an aromatic ring is 1.